The fourth-order valence-electron chi connectivity index (χ4n) is 6.26. The molecule has 0 saturated carbocycles. The summed E-state index contributed by atoms with van der Waals surface area (Å²) in [5.41, 5.74) is 12.2. The Morgan fingerprint density at radius 1 is 0.381 bits per heavy atom. The molecule has 2 heterocycles. The summed E-state index contributed by atoms with van der Waals surface area (Å²) in [6, 6.07) is 43.6. The van der Waals surface area contributed by atoms with E-state index in [0.717, 1.165) is 11.4 Å². The van der Waals surface area contributed by atoms with E-state index in [1.54, 1.807) is 0 Å². The first-order valence-electron chi connectivity index (χ1n) is 14.1. The van der Waals surface area contributed by atoms with Crippen molar-refractivity contribution >= 4 is 70.2 Å². The number of benzene rings is 6. The minimum absolute atomic E-state index is 0.0862. The molecule has 42 heavy (non-hydrogen) atoms. The molecule has 0 saturated heterocycles. The van der Waals surface area contributed by atoms with Gasteiger partial charge < -0.3 is 0 Å². The van der Waals surface area contributed by atoms with Gasteiger partial charge in [-0.3, -0.25) is 0 Å². The Hall–Kier alpha value is -4.04. The fourth-order valence-corrected chi connectivity index (χ4v) is 10.7. The Morgan fingerprint density at radius 3 is 0.976 bits per heavy atom. The van der Waals surface area contributed by atoms with Crippen LogP contribution in [0.1, 0.15) is 13.8 Å². The van der Waals surface area contributed by atoms with Gasteiger partial charge in [-0.1, -0.05) is 0 Å². The molecule has 0 unspecified atom stereocenters. The summed E-state index contributed by atoms with van der Waals surface area (Å²) in [5, 5.41) is 2.61. The maximum atomic E-state index is 5.43. The van der Waals surface area contributed by atoms with Gasteiger partial charge in [-0.2, -0.15) is 0 Å². The molecular weight excluding hydrogens is 642 g/mol. The van der Waals surface area contributed by atoms with Gasteiger partial charge >= 0.3 is 260 Å². The first kappa shape index (κ1) is 25.7. The molecule has 4 heteroatoms. The first-order valence-corrected chi connectivity index (χ1v) is 17.5. The molecule has 0 aromatic heterocycles. The molecule has 2 aliphatic heterocycles. The molecule has 0 radical (unpaired) electrons. The number of nitrogens with zero attached hydrogens (tertiary/aromatic N) is 2. The van der Waals surface area contributed by atoms with Crippen molar-refractivity contribution in [1.82, 2.24) is 0 Å². The fraction of sp³-hybridized carbons (Fsp3) is 0.0526. The van der Waals surface area contributed by atoms with Gasteiger partial charge in [0, 0.05) is 0 Å². The van der Waals surface area contributed by atoms with Crippen molar-refractivity contribution in [2.24, 2.45) is 9.98 Å². The molecule has 0 aliphatic carbocycles. The second kappa shape index (κ2) is 10.3. The molecule has 0 N–H and O–H groups in total. The predicted molar refractivity (Wildman–Crippen MR) is 182 cm³/mol. The SMILES string of the molecule is CC1=Nc2c(-c3ccccc3)c(-c3ccccc3)c3c4c(c(-c5ccccc5)c(-c5ccccc5)c(c24)[Se]1)N=C(C)[Se]3. The van der Waals surface area contributed by atoms with E-state index in [9.17, 15) is 0 Å². The number of hydrogen-bond donors (Lipinski definition) is 0. The van der Waals surface area contributed by atoms with Crippen LogP contribution in [0.5, 0.6) is 0 Å². The van der Waals surface area contributed by atoms with Crippen LogP contribution in [0.4, 0.5) is 11.4 Å². The van der Waals surface area contributed by atoms with Gasteiger partial charge in [0.05, 0.1) is 0 Å². The molecule has 0 spiro atoms. The zero-order valence-electron chi connectivity index (χ0n) is 23.3. The molecule has 0 amide bonds. The number of hydrogen-bond acceptors (Lipinski definition) is 2. The summed E-state index contributed by atoms with van der Waals surface area (Å²) < 4.78 is 5.26. The summed E-state index contributed by atoms with van der Waals surface area (Å²) in [6.07, 6.45) is 0. The van der Waals surface area contributed by atoms with Crippen molar-refractivity contribution in [3.05, 3.63) is 121 Å². The third-order valence-corrected chi connectivity index (χ3v) is 12.1. The van der Waals surface area contributed by atoms with Crippen molar-refractivity contribution in [3.8, 4) is 44.5 Å². The van der Waals surface area contributed by atoms with Gasteiger partial charge in [0.1, 0.15) is 0 Å². The Kier molecular flexibility index (Phi) is 6.32. The molecule has 0 bridgehead atoms. The van der Waals surface area contributed by atoms with Crippen LogP contribution >= 0.6 is 0 Å². The summed E-state index contributed by atoms with van der Waals surface area (Å²) in [7, 11) is 0. The van der Waals surface area contributed by atoms with Gasteiger partial charge in [0.25, 0.3) is 0 Å². The van der Waals surface area contributed by atoms with Crippen LogP contribution in [0, 0.1) is 0 Å². The number of aliphatic imine (C=N–C) groups is 2. The van der Waals surface area contributed by atoms with Crippen LogP contribution < -0.4 is 8.92 Å². The van der Waals surface area contributed by atoms with Crippen LogP contribution in [0.3, 0.4) is 0 Å². The molecule has 2 aliphatic rings. The maximum absolute atomic E-state index is 5.43. The average molecular weight is 669 g/mol. The zero-order chi connectivity index (χ0) is 28.2. The topological polar surface area (TPSA) is 24.7 Å². The predicted octanol–water partition coefficient (Wildman–Crippen LogP) is 8.29. The van der Waals surface area contributed by atoms with E-state index in [4.69, 9.17) is 9.98 Å². The van der Waals surface area contributed by atoms with Crippen molar-refractivity contribution in [2.75, 3.05) is 0 Å². The Labute approximate surface area is 258 Å². The van der Waals surface area contributed by atoms with Gasteiger partial charge in [0.2, 0.25) is 0 Å². The Bertz CT molecular complexity index is 1910. The summed E-state index contributed by atoms with van der Waals surface area (Å²) >= 11 is 0.172. The van der Waals surface area contributed by atoms with Crippen LogP contribution in [0.2, 0.25) is 0 Å². The van der Waals surface area contributed by atoms with E-state index in [2.05, 4.69) is 135 Å². The third kappa shape index (κ3) is 4.07. The van der Waals surface area contributed by atoms with E-state index in [1.165, 1.54) is 73.4 Å². The summed E-state index contributed by atoms with van der Waals surface area (Å²) in [5.74, 6) is 0. The van der Waals surface area contributed by atoms with E-state index in [0.29, 0.717) is 0 Å². The Balaban J connectivity index is 1.67. The Morgan fingerprint density at radius 2 is 0.667 bits per heavy atom. The van der Waals surface area contributed by atoms with Gasteiger partial charge in [-0.15, -0.1) is 0 Å². The van der Waals surface area contributed by atoms with Gasteiger partial charge in [-0.25, -0.2) is 0 Å². The molecule has 6 aromatic rings. The molecule has 0 fully saturated rings. The minimum atomic E-state index is 0.0862. The van der Waals surface area contributed by atoms with Crippen LogP contribution in [0.25, 0.3) is 55.3 Å². The second-order valence-electron chi connectivity index (χ2n) is 10.5. The van der Waals surface area contributed by atoms with E-state index >= 15 is 0 Å². The van der Waals surface area contributed by atoms with Gasteiger partial charge in [0.15, 0.2) is 0 Å². The van der Waals surface area contributed by atoms with E-state index < -0.39 is 0 Å². The molecule has 6 aromatic carbocycles. The van der Waals surface area contributed by atoms with E-state index in [1.807, 2.05) is 0 Å². The molecule has 0 atom stereocenters. The standard InChI is InChI=1S/C38H26N2Se2/c1-23-39-35-29(25-15-7-3-8-16-25)32(28-21-13-6-14-22-28)38-34-33(35)37(41-23)31(27-19-11-5-12-20-27)30(26-17-9-4-10-18-26)36(34)40-24(2)42-38/h3-22H,1-2H3. The normalized spacial score (nSPS) is 13.6. The van der Waals surface area contributed by atoms with Crippen molar-refractivity contribution in [1.29, 1.82) is 0 Å². The van der Waals surface area contributed by atoms with Gasteiger partial charge in [-0.05, 0) is 0 Å². The van der Waals surface area contributed by atoms with Crippen molar-refractivity contribution in [3.63, 3.8) is 0 Å². The summed E-state index contributed by atoms with van der Waals surface area (Å²) in [6.45, 7) is 4.42. The third-order valence-electron chi connectivity index (χ3n) is 7.89. The van der Waals surface area contributed by atoms with Crippen molar-refractivity contribution in [2.45, 2.75) is 13.8 Å². The molecular formula is C38H26N2Se2. The second-order valence-corrected chi connectivity index (χ2v) is 15.6. The number of rotatable bonds is 4. The average Bonchev–Trinajstić information content (AvgIpc) is 3.04. The molecule has 200 valence electrons. The van der Waals surface area contributed by atoms with Crippen LogP contribution in [-0.2, 0) is 0 Å². The summed E-state index contributed by atoms with van der Waals surface area (Å²) in [4.78, 5) is 10.9. The van der Waals surface area contributed by atoms with Crippen molar-refractivity contribution < 1.29 is 0 Å². The molecule has 8 rings (SSSR count). The van der Waals surface area contributed by atoms with Crippen LogP contribution in [0.15, 0.2) is 131 Å². The zero-order valence-corrected chi connectivity index (χ0v) is 26.7. The van der Waals surface area contributed by atoms with Crippen LogP contribution in [-0.4, -0.2) is 39.1 Å². The molecule has 2 nitrogen and oxygen atoms in total. The monoisotopic (exact) mass is 670 g/mol. The van der Waals surface area contributed by atoms with E-state index in [-0.39, 0.29) is 29.9 Å². The first-order chi connectivity index (χ1) is 20.7. The quantitative estimate of drug-likeness (QED) is 0.169.